The molecule has 0 radical (unpaired) electrons. The first kappa shape index (κ1) is 17.5. The fourth-order valence-electron chi connectivity index (χ4n) is 1.72. The lowest BCUT2D eigenvalue weighted by Crippen LogP contribution is -2.40. The quantitative estimate of drug-likeness (QED) is 0.760. The molecule has 1 N–H and O–H groups in total. The van der Waals surface area contributed by atoms with E-state index < -0.39 is 17.8 Å². The second kappa shape index (κ2) is 8.02. The average Bonchev–Trinajstić information content (AvgIpc) is 2.49. The van der Waals surface area contributed by atoms with E-state index in [0.717, 1.165) is 0 Å². The number of hydrogen-bond donors (Lipinski definition) is 1. The summed E-state index contributed by atoms with van der Waals surface area (Å²) in [6.07, 6.45) is 0. The van der Waals surface area contributed by atoms with Gasteiger partial charge in [0.2, 0.25) is 0 Å². The van der Waals surface area contributed by atoms with Gasteiger partial charge in [-0.3, -0.25) is 9.59 Å². The second-order valence-corrected chi connectivity index (χ2v) is 4.81. The number of aliphatic carboxylic acids is 1. The Morgan fingerprint density at radius 2 is 1.95 bits per heavy atom. The fraction of sp³-hybridized carbons (Fsp3) is 0.400. The molecule has 22 heavy (non-hydrogen) atoms. The molecule has 7 heteroatoms. The summed E-state index contributed by atoms with van der Waals surface area (Å²) in [5.74, 6) is -1.71. The molecular formula is C15H19NO6. The Morgan fingerprint density at radius 3 is 2.50 bits per heavy atom. The van der Waals surface area contributed by atoms with Gasteiger partial charge < -0.3 is 19.5 Å². The topological polar surface area (TPSA) is 93.1 Å². The number of hydrogen-bond acceptors (Lipinski definition) is 5. The zero-order valence-corrected chi connectivity index (χ0v) is 12.7. The monoisotopic (exact) mass is 309 g/mol. The number of nitrogens with zero attached hydrogens (tertiary/aromatic N) is 1. The van der Waals surface area contributed by atoms with E-state index in [2.05, 4.69) is 4.74 Å². The number of amides is 1. The van der Waals surface area contributed by atoms with Crippen molar-refractivity contribution < 1.29 is 29.0 Å². The molecule has 1 amide bonds. The van der Waals surface area contributed by atoms with Crippen LogP contribution < -0.4 is 4.74 Å². The van der Waals surface area contributed by atoms with E-state index in [9.17, 15) is 14.4 Å². The molecule has 0 aliphatic heterocycles. The van der Waals surface area contributed by atoms with Crippen molar-refractivity contribution in [2.75, 3.05) is 20.3 Å². The van der Waals surface area contributed by atoms with Crippen LogP contribution in [0.3, 0.4) is 0 Å². The summed E-state index contributed by atoms with van der Waals surface area (Å²) in [7, 11) is 1.25. The first-order chi connectivity index (χ1) is 10.3. The number of methoxy groups -OCH3 is 1. The van der Waals surface area contributed by atoms with Crippen molar-refractivity contribution in [1.82, 2.24) is 4.90 Å². The van der Waals surface area contributed by atoms with Crippen molar-refractivity contribution >= 4 is 17.8 Å². The second-order valence-electron chi connectivity index (χ2n) is 4.81. The molecule has 0 bridgehead atoms. The molecule has 0 aliphatic rings. The van der Waals surface area contributed by atoms with Crippen molar-refractivity contribution in [3.63, 3.8) is 0 Å². The standard InChI is InChI=1S/C15H19NO6/c1-10(2)16(8-13(17)18)15(20)11-5-4-6-12(7-11)22-9-14(19)21-3/h4-7,10H,8-9H2,1-3H3,(H,17,18). The first-order valence-electron chi connectivity index (χ1n) is 6.67. The van der Waals surface area contributed by atoms with Crippen molar-refractivity contribution in [2.24, 2.45) is 0 Å². The lowest BCUT2D eigenvalue weighted by Gasteiger charge is -2.25. The molecule has 7 nitrogen and oxygen atoms in total. The minimum absolute atomic E-state index is 0.261. The van der Waals surface area contributed by atoms with Gasteiger partial charge in [-0.2, -0.15) is 0 Å². The van der Waals surface area contributed by atoms with Gasteiger partial charge in [0.05, 0.1) is 7.11 Å². The van der Waals surface area contributed by atoms with Crippen LogP contribution in [0.5, 0.6) is 5.75 Å². The molecule has 1 aromatic carbocycles. The maximum atomic E-state index is 12.4. The fourth-order valence-corrected chi connectivity index (χ4v) is 1.72. The zero-order chi connectivity index (χ0) is 16.7. The van der Waals surface area contributed by atoms with E-state index in [0.29, 0.717) is 5.75 Å². The SMILES string of the molecule is COC(=O)COc1cccc(C(=O)N(CC(=O)O)C(C)C)c1. The summed E-state index contributed by atoms with van der Waals surface area (Å²) in [6, 6.07) is 5.95. The van der Waals surface area contributed by atoms with Gasteiger partial charge in [-0.05, 0) is 32.0 Å². The van der Waals surface area contributed by atoms with Gasteiger partial charge in [0.15, 0.2) is 6.61 Å². The summed E-state index contributed by atoms with van der Waals surface area (Å²) in [6.45, 7) is 2.82. The lowest BCUT2D eigenvalue weighted by atomic mass is 10.1. The largest absolute Gasteiger partial charge is 0.482 e. The van der Waals surface area contributed by atoms with Crippen LogP contribution >= 0.6 is 0 Å². The van der Waals surface area contributed by atoms with Crippen molar-refractivity contribution in [2.45, 2.75) is 19.9 Å². The van der Waals surface area contributed by atoms with Crippen molar-refractivity contribution in [3.05, 3.63) is 29.8 Å². The molecule has 0 saturated carbocycles. The molecular weight excluding hydrogens is 290 g/mol. The number of ether oxygens (including phenoxy) is 2. The molecule has 0 aromatic heterocycles. The van der Waals surface area contributed by atoms with Gasteiger partial charge in [0.25, 0.3) is 5.91 Å². The Kier molecular flexibility index (Phi) is 6.37. The van der Waals surface area contributed by atoms with Gasteiger partial charge in [-0.25, -0.2) is 4.79 Å². The zero-order valence-electron chi connectivity index (χ0n) is 12.7. The number of carbonyl (C=O) groups is 3. The van der Waals surface area contributed by atoms with E-state index in [1.165, 1.54) is 18.1 Å². The Labute approximate surface area is 128 Å². The number of esters is 1. The van der Waals surface area contributed by atoms with Gasteiger partial charge in [-0.1, -0.05) is 6.07 Å². The number of carboxylic acid groups (broad SMARTS) is 1. The summed E-state index contributed by atoms with van der Waals surface area (Å²) in [5.41, 5.74) is 0.289. The van der Waals surface area contributed by atoms with E-state index in [1.54, 1.807) is 32.0 Å². The van der Waals surface area contributed by atoms with Crippen LogP contribution in [0.2, 0.25) is 0 Å². The van der Waals surface area contributed by atoms with Gasteiger partial charge in [0, 0.05) is 11.6 Å². The first-order valence-corrected chi connectivity index (χ1v) is 6.67. The van der Waals surface area contributed by atoms with E-state index >= 15 is 0 Å². The molecule has 120 valence electrons. The molecule has 0 aliphatic carbocycles. The summed E-state index contributed by atoms with van der Waals surface area (Å²) < 4.78 is 9.67. The van der Waals surface area contributed by atoms with Gasteiger partial charge >= 0.3 is 11.9 Å². The normalized spacial score (nSPS) is 10.2. The van der Waals surface area contributed by atoms with Gasteiger partial charge in [-0.15, -0.1) is 0 Å². The summed E-state index contributed by atoms with van der Waals surface area (Å²) in [4.78, 5) is 35.5. The Morgan fingerprint density at radius 1 is 1.27 bits per heavy atom. The highest BCUT2D eigenvalue weighted by Crippen LogP contribution is 2.16. The third kappa shape index (κ3) is 5.08. The molecule has 0 unspecified atom stereocenters. The van der Waals surface area contributed by atoms with Crippen LogP contribution in [0.15, 0.2) is 24.3 Å². The number of carboxylic acids is 1. The number of carbonyl (C=O) groups excluding carboxylic acids is 2. The minimum Gasteiger partial charge on any atom is -0.482 e. The molecule has 0 fully saturated rings. The predicted molar refractivity (Wildman–Crippen MR) is 77.8 cm³/mol. The molecule has 1 rings (SSSR count). The van der Waals surface area contributed by atoms with Gasteiger partial charge in [0.1, 0.15) is 12.3 Å². The molecule has 0 atom stereocenters. The Hall–Kier alpha value is -2.57. The van der Waals surface area contributed by atoms with Crippen molar-refractivity contribution in [3.8, 4) is 5.75 Å². The summed E-state index contributed by atoms with van der Waals surface area (Å²) in [5, 5.41) is 8.89. The lowest BCUT2D eigenvalue weighted by molar-refractivity contribution is -0.143. The van der Waals surface area contributed by atoms with Crippen LogP contribution in [0, 0.1) is 0 Å². The third-order valence-corrected chi connectivity index (χ3v) is 2.86. The Bertz CT molecular complexity index is 555. The average molecular weight is 309 g/mol. The van der Waals surface area contributed by atoms with Crippen LogP contribution in [0.4, 0.5) is 0 Å². The van der Waals surface area contributed by atoms with Crippen LogP contribution in [-0.2, 0) is 14.3 Å². The molecule has 1 aromatic rings. The number of benzene rings is 1. The minimum atomic E-state index is -1.08. The maximum absolute atomic E-state index is 12.4. The van der Waals surface area contributed by atoms with Crippen LogP contribution in [0.25, 0.3) is 0 Å². The van der Waals surface area contributed by atoms with E-state index in [4.69, 9.17) is 9.84 Å². The van der Waals surface area contributed by atoms with E-state index in [-0.39, 0.29) is 24.8 Å². The smallest absolute Gasteiger partial charge is 0.343 e. The highest BCUT2D eigenvalue weighted by atomic mass is 16.6. The third-order valence-electron chi connectivity index (χ3n) is 2.86. The maximum Gasteiger partial charge on any atom is 0.343 e. The van der Waals surface area contributed by atoms with E-state index in [1.807, 2.05) is 0 Å². The Balaban J connectivity index is 2.88. The molecule has 0 saturated heterocycles. The van der Waals surface area contributed by atoms with Crippen LogP contribution in [-0.4, -0.2) is 54.2 Å². The highest BCUT2D eigenvalue weighted by molar-refractivity contribution is 5.96. The van der Waals surface area contributed by atoms with Crippen LogP contribution in [0.1, 0.15) is 24.2 Å². The highest BCUT2D eigenvalue weighted by Gasteiger charge is 2.21. The summed E-state index contributed by atoms with van der Waals surface area (Å²) >= 11 is 0. The number of rotatable bonds is 7. The molecule has 0 heterocycles. The molecule has 0 spiro atoms. The van der Waals surface area contributed by atoms with Crippen molar-refractivity contribution in [1.29, 1.82) is 0 Å². The predicted octanol–water partition coefficient (Wildman–Crippen LogP) is 1.17.